The molecular weight excluding hydrogens is 362 g/mol. The molecule has 6 nitrogen and oxygen atoms in total. The molecule has 0 saturated heterocycles. The van der Waals surface area contributed by atoms with Crippen LogP contribution in [0.3, 0.4) is 0 Å². The van der Waals surface area contributed by atoms with Crippen molar-refractivity contribution in [3.63, 3.8) is 0 Å². The van der Waals surface area contributed by atoms with Crippen LogP contribution in [0.25, 0.3) is 0 Å². The fourth-order valence-corrected chi connectivity index (χ4v) is 2.75. The first kappa shape index (κ1) is 18.6. The van der Waals surface area contributed by atoms with E-state index in [2.05, 4.69) is 15.8 Å². The molecule has 0 aliphatic carbocycles. The largest absolute Gasteiger partial charge is 0.489 e. The summed E-state index contributed by atoms with van der Waals surface area (Å²) < 4.78 is 10.8. The summed E-state index contributed by atoms with van der Waals surface area (Å²) in [5.74, 6) is 0.785. The van der Waals surface area contributed by atoms with Gasteiger partial charge in [0.2, 0.25) is 0 Å². The lowest BCUT2D eigenvalue weighted by atomic mass is 10.2. The molecule has 138 valence electrons. The Hall–Kier alpha value is -3.19. The number of nitrogens with zero attached hydrogens (tertiary/aromatic N) is 1. The lowest BCUT2D eigenvalue weighted by molar-refractivity contribution is 0.0976. The first-order chi connectivity index (χ1) is 13.0. The molecule has 0 fully saturated rings. The second-order valence-corrected chi connectivity index (χ2v) is 6.32. The zero-order valence-corrected chi connectivity index (χ0v) is 15.8. The highest BCUT2D eigenvalue weighted by molar-refractivity contribution is 7.80. The minimum Gasteiger partial charge on any atom is -0.489 e. The quantitative estimate of drug-likeness (QED) is 0.651. The monoisotopic (exact) mass is 381 g/mol. The third kappa shape index (κ3) is 4.92. The van der Waals surface area contributed by atoms with Gasteiger partial charge in [-0.15, -0.1) is 0 Å². The van der Waals surface area contributed by atoms with E-state index in [1.165, 1.54) is 0 Å². The lowest BCUT2D eigenvalue weighted by Crippen LogP contribution is -2.34. The molecule has 3 rings (SSSR count). The predicted molar refractivity (Wildman–Crippen MR) is 107 cm³/mol. The van der Waals surface area contributed by atoms with Gasteiger partial charge in [0.15, 0.2) is 5.11 Å². The summed E-state index contributed by atoms with van der Waals surface area (Å²) >= 11 is 5.22. The van der Waals surface area contributed by atoms with Crippen LogP contribution in [0, 0.1) is 13.8 Å². The van der Waals surface area contributed by atoms with Gasteiger partial charge in [-0.05, 0) is 43.8 Å². The van der Waals surface area contributed by atoms with Gasteiger partial charge in [-0.1, -0.05) is 41.6 Å². The smallest absolute Gasteiger partial charge is 0.262 e. The van der Waals surface area contributed by atoms with Crippen LogP contribution in [-0.2, 0) is 6.61 Å². The standard InChI is InChI=1S/C20H19N3O3S/c1-13-18(14(2)26-23-13)19(24)22-20(27)21-16-9-6-10-17(11-16)25-12-15-7-4-3-5-8-15/h3-11H,12H2,1-2H3,(H2,21,22,24,27). The molecule has 1 amide bonds. The number of carbonyl (C=O) groups excluding carboxylic acids is 1. The van der Waals surface area contributed by atoms with Crippen molar-refractivity contribution in [1.29, 1.82) is 0 Å². The summed E-state index contributed by atoms with van der Waals surface area (Å²) in [5, 5.41) is 9.56. The van der Waals surface area contributed by atoms with E-state index in [0.717, 1.165) is 5.56 Å². The van der Waals surface area contributed by atoms with Gasteiger partial charge in [0.05, 0.1) is 5.69 Å². The van der Waals surface area contributed by atoms with Crippen LogP contribution in [0.2, 0.25) is 0 Å². The first-order valence-corrected chi connectivity index (χ1v) is 8.76. The summed E-state index contributed by atoms with van der Waals surface area (Å²) in [6, 6.07) is 17.3. The molecule has 0 aliphatic rings. The number of anilines is 1. The van der Waals surface area contributed by atoms with Crippen molar-refractivity contribution in [3.05, 3.63) is 77.2 Å². The molecule has 1 aromatic heterocycles. The van der Waals surface area contributed by atoms with Crippen molar-refractivity contribution in [2.24, 2.45) is 0 Å². The maximum absolute atomic E-state index is 12.3. The fraction of sp³-hybridized carbons (Fsp3) is 0.150. The molecule has 0 unspecified atom stereocenters. The van der Waals surface area contributed by atoms with Crippen LogP contribution in [0.1, 0.15) is 27.4 Å². The number of hydrogen-bond acceptors (Lipinski definition) is 5. The van der Waals surface area contributed by atoms with Crippen molar-refractivity contribution >= 4 is 28.9 Å². The Labute approximate surface area is 162 Å². The predicted octanol–water partition coefficient (Wildman–Crippen LogP) is 4.00. The average Bonchev–Trinajstić information content (AvgIpc) is 2.99. The second-order valence-electron chi connectivity index (χ2n) is 5.91. The summed E-state index contributed by atoms with van der Waals surface area (Å²) in [5.41, 5.74) is 2.70. The number of carbonyl (C=O) groups is 1. The van der Waals surface area contributed by atoms with E-state index in [1.54, 1.807) is 13.8 Å². The Balaban J connectivity index is 1.59. The average molecular weight is 381 g/mol. The lowest BCUT2D eigenvalue weighted by Gasteiger charge is -2.11. The number of thiocarbonyl (C=S) groups is 1. The number of nitrogens with one attached hydrogen (secondary N) is 2. The Morgan fingerprint density at radius 1 is 1.15 bits per heavy atom. The number of rotatable bonds is 5. The Kier molecular flexibility index (Phi) is 5.83. The molecule has 0 atom stereocenters. The zero-order valence-electron chi connectivity index (χ0n) is 15.0. The number of amides is 1. The van der Waals surface area contributed by atoms with Crippen LogP contribution in [0.4, 0.5) is 5.69 Å². The van der Waals surface area contributed by atoms with E-state index in [9.17, 15) is 4.79 Å². The van der Waals surface area contributed by atoms with Crippen LogP contribution in [0.15, 0.2) is 59.1 Å². The van der Waals surface area contributed by atoms with Gasteiger partial charge in [-0.3, -0.25) is 10.1 Å². The van der Waals surface area contributed by atoms with Crippen molar-refractivity contribution in [2.75, 3.05) is 5.32 Å². The Morgan fingerprint density at radius 2 is 1.93 bits per heavy atom. The van der Waals surface area contributed by atoms with Gasteiger partial charge in [-0.2, -0.15) is 0 Å². The van der Waals surface area contributed by atoms with Crippen LogP contribution in [-0.4, -0.2) is 16.2 Å². The van der Waals surface area contributed by atoms with E-state index in [4.69, 9.17) is 21.5 Å². The maximum Gasteiger partial charge on any atom is 0.262 e. The summed E-state index contributed by atoms with van der Waals surface area (Å²) in [4.78, 5) is 12.3. The van der Waals surface area contributed by atoms with Crippen LogP contribution >= 0.6 is 12.2 Å². The van der Waals surface area contributed by atoms with Gasteiger partial charge in [0.25, 0.3) is 5.91 Å². The van der Waals surface area contributed by atoms with E-state index >= 15 is 0 Å². The molecule has 27 heavy (non-hydrogen) atoms. The first-order valence-electron chi connectivity index (χ1n) is 8.35. The topological polar surface area (TPSA) is 76.4 Å². The third-order valence-electron chi connectivity index (χ3n) is 3.83. The Morgan fingerprint density at radius 3 is 2.63 bits per heavy atom. The second kappa shape index (κ2) is 8.46. The number of benzene rings is 2. The number of hydrogen-bond donors (Lipinski definition) is 2. The minimum atomic E-state index is -0.361. The Bertz CT molecular complexity index is 935. The zero-order chi connectivity index (χ0) is 19.2. The number of aromatic nitrogens is 1. The summed E-state index contributed by atoms with van der Waals surface area (Å²) in [7, 11) is 0. The van der Waals surface area contributed by atoms with E-state index in [1.807, 2.05) is 54.6 Å². The van der Waals surface area contributed by atoms with Gasteiger partial charge in [0.1, 0.15) is 23.7 Å². The third-order valence-corrected chi connectivity index (χ3v) is 4.03. The molecule has 2 N–H and O–H groups in total. The van der Waals surface area contributed by atoms with Gasteiger partial charge >= 0.3 is 0 Å². The maximum atomic E-state index is 12.3. The molecule has 0 radical (unpaired) electrons. The molecule has 2 aromatic carbocycles. The van der Waals surface area contributed by atoms with E-state index < -0.39 is 0 Å². The molecule has 7 heteroatoms. The van der Waals surface area contributed by atoms with Crippen LogP contribution < -0.4 is 15.4 Å². The molecular formula is C20H19N3O3S. The van der Waals surface area contributed by atoms with Gasteiger partial charge in [-0.25, -0.2) is 0 Å². The normalized spacial score (nSPS) is 10.3. The highest BCUT2D eigenvalue weighted by Crippen LogP contribution is 2.19. The van der Waals surface area contributed by atoms with Crippen molar-refractivity contribution in [2.45, 2.75) is 20.5 Å². The van der Waals surface area contributed by atoms with Crippen LogP contribution in [0.5, 0.6) is 5.75 Å². The van der Waals surface area contributed by atoms with Gasteiger partial charge in [0, 0.05) is 11.8 Å². The van der Waals surface area contributed by atoms with Gasteiger partial charge < -0.3 is 14.6 Å². The summed E-state index contributed by atoms with van der Waals surface area (Å²) in [6.07, 6.45) is 0. The highest BCUT2D eigenvalue weighted by Gasteiger charge is 2.18. The molecule has 0 aliphatic heterocycles. The fourth-order valence-electron chi connectivity index (χ4n) is 2.54. The molecule has 0 spiro atoms. The van der Waals surface area contributed by atoms with Crippen molar-refractivity contribution in [1.82, 2.24) is 10.5 Å². The summed E-state index contributed by atoms with van der Waals surface area (Å²) in [6.45, 7) is 3.85. The minimum absolute atomic E-state index is 0.181. The molecule has 3 aromatic rings. The number of aryl methyl sites for hydroxylation is 2. The molecule has 0 bridgehead atoms. The van der Waals surface area contributed by atoms with Crippen molar-refractivity contribution in [3.8, 4) is 5.75 Å². The number of ether oxygens (including phenoxy) is 1. The van der Waals surface area contributed by atoms with Crippen molar-refractivity contribution < 1.29 is 14.1 Å². The van der Waals surface area contributed by atoms with E-state index in [0.29, 0.717) is 35.1 Å². The highest BCUT2D eigenvalue weighted by atomic mass is 32.1. The van der Waals surface area contributed by atoms with E-state index in [-0.39, 0.29) is 11.0 Å². The molecule has 0 saturated carbocycles. The molecule has 1 heterocycles. The SMILES string of the molecule is Cc1noc(C)c1C(=O)NC(=S)Nc1cccc(OCc2ccccc2)c1.